The van der Waals surface area contributed by atoms with Gasteiger partial charge in [0, 0.05) is 30.6 Å². The molecule has 1 aliphatic carbocycles. The largest absolute Gasteiger partial charge is 0.410 e. The van der Waals surface area contributed by atoms with Gasteiger partial charge in [0.05, 0.1) is 21.6 Å². The Morgan fingerprint density at radius 1 is 1.26 bits per heavy atom. The van der Waals surface area contributed by atoms with Crippen LogP contribution in [0.25, 0.3) is 11.3 Å². The Morgan fingerprint density at radius 3 is 2.37 bits per heavy atom. The molecule has 1 aromatic carbocycles. The molecule has 0 unspecified atom stereocenters. The number of hydrogen-bond donors (Lipinski definition) is 3. The summed E-state index contributed by atoms with van der Waals surface area (Å²) in [6.07, 6.45) is -2.18. The first-order valence-electron chi connectivity index (χ1n) is 12.3. The standard InChI is InChI=1S/C25H34ClF3N4O4S/c1-6-33-21(18-8-7-16(13-15(18)2)31-23(3,4)25(27,28)29)19(26)20(32-33)22(34)30-14-24(35)11-9-17(10-12-24)38(5,36)37/h7-8,13,17,31,35H,6,9-12,14H2,1-5H3,(H,30,34). The minimum atomic E-state index is -4.45. The van der Waals surface area contributed by atoms with Crippen LogP contribution in [0.1, 0.15) is 62.5 Å². The second-order valence-electron chi connectivity index (χ2n) is 10.5. The summed E-state index contributed by atoms with van der Waals surface area (Å²) < 4.78 is 65.0. The average molecular weight is 579 g/mol. The van der Waals surface area contributed by atoms with Gasteiger partial charge in [-0.1, -0.05) is 17.7 Å². The van der Waals surface area contributed by atoms with Crippen LogP contribution in [0.2, 0.25) is 5.02 Å². The van der Waals surface area contributed by atoms with Crippen LogP contribution in [-0.4, -0.2) is 64.6 Å². The number of sulfone groups is 1. The lowest BCUT2D eigenvalue weighted by atomic mass is 9.84. The second-order valence-corrected chi connectivity index (χ2v) is 13.2. The van der Waals surface area contributed by atoms with Crippen LogP contribution in [-0.2, 0) is 16.4 Å². The molecule has 0 aliphatic heterocycles. The number of rotatable bonds is 8. The summed E-state index contributed by atoms with van der Waals surface area (Å²) in [5, 5.41) is 19.9. The Morgan fingerprint density at radius 2 is 1.87 bits per heavy atom. The zero-order chi connectivity index (χ0) is 28.7. The number of benzene rings is 1. The number of aromatic nitrogens is 2. The van der Waals surface area contributed by atoms with E-state index in [1.807, 2.05) is 6.92 Å². The third kappa shape index (κ3) is 6.45. The van der Waals surface area contributed by atoms with E-state index in [1.54, 1.807) is 23.7 Å². The zero-order valence-corrected chi connectivity index (χ0v) is 23.6. The van der Waals surface area contributed by atoms with Gasteiger partial charge >= 0.3 is 6.18 Å². The zero-order valence-electron chi connectivity index (χ0n) is 22.0. The molecule has 0 saturated heterocycles. The molecule has 13 heteroatoms. The van der Waals surface area contributed by atoms with Gasteiger partial charge in [0.15, 0.2) is 5.69 Å². The van der Waals surface area contributed by atoms with Crippen molar-refractivity contribution in [2.45, 2.75) is 82.5 Å². The highest BCUT2D eigenvalue weighted by atomic mass is 35.5. The highest BCUT2D eigenvalue weighted by Gasteiger charge is 2.47. The number of amides is 1. The van der Waals surface area contributed by atoms with Crippen LogP contribution < -0.4 is 10.6 Å². The van der Waals surface area contributed by atoms with E-state index in [1.165, 1.54) is 12.3 Å². The Bertz CT molecular complexity index is 1300. The molecule has 0 spiro atoms. The fourth-order valence-electron chi connectivity index (χ4n) is 4.57. The maximum Gasteiger partial charge on any atom is 0.410 e. The summed E-state index contributed by atoms with van der Waals surface area (Å²) >= 11 is 6.60. The fraction of sp³-hybridized carbons (Fsp3) is 0.600. The minimum absolute atomic E-state index is 0.0447. The molecule has 0 bridgehead atoms. The molecule has 1 fully saturated rings. The number of aliphatic hydroxyl groups is 1. The highest BCUT2D eigenvalue weighted by Crippen LogP contribution is 2.37. The van der Waals surface area contributed by atoms with Crippen molar-refractivity contribution in [1.82, 2.24) is 15.1 Å². The van der Waals surface area contributed by atoms with Gasteiger partial charge in [-0.2, -0.15) is 18.3 Å². The van der Waals surface area contributed by atoms with Crippen molar-refractivity contribution < 1.29 is 31.5 Å². The first kappa shape index (κ1) is 30.2. The molecular weight excluding hydrogens is 545 g/mol. The molecule has 1 aliphatic rings. The fourth-order valence-corrected chi connectivity index (χ4v) is 5.99. The smallest absolute Gasteiger partial charge is 0.388 e. The van der Waals surface area contributed by atoms with Gasteiger partial charge in [-0.05, 0) is 71.1 Å². The summed E-state index contributed by atoms with van der Waals surface area (Å²) in [4.78, 5) is 13.0. The number of nitrogens with zero attached hydrogens (tertiary/aromatic N) is 2. The summed E-state index contributed by atoms with van der Waals surface area (Å²) in [7, 11) is -3.19. The number of anilines is 1. The molecule has 1 heterocycles. The van der Waals surface area contributed by atoms with Gasteiger partial charge in [0.2, 0.25) is 0 Å². The molecule has 8 nitrogen and oxygen atoms in total. The second kappa shape index (κ2) is 10.7. The molecule has 3 N–H and O–H groups in total. The van der Waals surface area contributed by atoms with E-state index in [4.69, 9.17) is 11.6 Å². The average Bonchev–Trinajstić information content (AvgIpc) is 3.12. The van der Waals surface area contributed by atoms with Crippen molar-refractivity contribution in [3.8, 4) is 11.3 Å². The maximum atomic E-state index is 13.3. The van der Waals surface area contributed by atoms with Crippen molar-refractivity contribution in [2.24, 2.45) is 0 Å². The number of aryl methyl sites for hydroxylation is 2. The van der Waals surface area contributed by atoms with Crippen LogP contribution in [0.5, 0.6) is 0 Å². The summed E-state index contributed by atoms with van der Waals surface area (Å²) in [5.74, 6) is -0.593. The predicted octanol–water partition coefficient (Wildman–Crippen LogP) is 4.73. The molecule has 3 rings (SSSR count). The Labute approximate surface area is 225 Å². The molecule has 1 aromatic heterocycles. The molecule has 1 saturated carbocycles. The Hall–Kier alpha value is -2.31. The van der Waals surface area contributed by atoms with E-state index in [-0.39, 0.29) is 35.8 Å². The third-order valence-corrected chi connectivity index (χ3v) is 9.14. The highest BCUT2D eigenvalue weighted by molar-refractivity contribution is 7.91. The first-order chi connectivity index (χ1) is 17.4. The predicted molar refractivity (Wildman–Crippen MR) is 141 cm³/mol. The van der Waals surface area contributed by atoms with Crippen LogP contribution in [0.4, 0.5) is 18.9 Å². The number of halogens is 4. The SMILES string of the molecule is CCn1nc(C(=O)NCC2(O)CCC(S(C)(=O)=O)CC2)c(Cl)c1-c1ccc(NC(C)(C)C(F)(F)F)cc1C. The van der Waals surface area contributed by atoms with E-state index in [2.05, 4.69) is 15.7 Å². The van der Waals surface area contributed by atoms with Gasteiger partial charge in [-0.3, -0.25) is 9.48 Å². The van der Waals surface area contributed by atoms with E-state index < -0.39 is 38.3 Å². The van der Waals surface area contributed by atoms with E-state index in [0.717, 1.165) is 13.8 Å². The summed E-state index contributed by atoms with van der Waals surface area (Å²) in [6.45, 7) is 5.94. The normalized spacial score (nSPS) is 20.8. The molecule has 2 aromatic rings. The van der Waals surface area contributed by atoms with Crippen LogP contribution in [0.3, 0.4) is 0 Å². The Balaban J connectivity index is 1.79. The maximum absolute atomic E-state index is 13.3. The molecule has 0 radical (unpaired) electrons. The van der Waals surface area contributed by atoms with Gasteiger partial charge in [0.1, 0.15) is 15.4 Å². The third-order valence-electron chi connectivity index (χ3n) is 7.10. The molecule has 212 valence electrons. The number of alkyl halides is 3. The van der Waals surface area contributed by atoms with Crippen LogP contribution in [0, 0.1) is 6.92 Å². The van der Waals surface area contributed by atoms with Crippen molar-refractivity contribution in [3.63, 3.8) is 0 Å². The topological polar surface area (TPSA) is 113 Å². The first-order valence-corrected chi connectivity index (χ1v) is 14.6. The van der Waals surface area contributed by atoms with Crippen LogP contribution >= 0.6 is 11.6 Å². The summed E-state index contributed by atoms with van der Waals surface area (Å²) in [6, 6.07) is 4.72. The number of nitrogens with one attached hydrogen (secondary N) is 2. The number of carbonyl (C=O) groups excluding carboxylic acids is 1. The molecule has 38 heavy (non-hydrogen) atoms. The van der Waals surface area contributed by atoms with E-state index in [0.29, 0.717) is 36.2 Å². The van der Waals surface area contributed by atoms with Gasteiger partial charge in [-0.15, -0.1) is 0 Å². The quantitative estimate of drug-likeness (QED) is 0.417. The van der Waals surface area contributed by atoms with Gasteiger partial charge in [0.25, 0.3) is 5.91 Å². The number of carbonyl (C=O) groups is 1. The van der Waals surface area contributed by atoms with E-state index in [9.17, 15) is 31.5 Å². The monoisotopic (exact) mass is 578 g/mol. The molecule has 1 amide bonds. The van der Waals surface area contributed by atoms with Gasteiger partial charge in [-0.25, -0.2) is 8.42 Å². The van der Waals surface area contributed by atoms with Crippen molar-refractivity contribution in [2.75, 3.05) is 18.1 Å². The van der Waals surface area contributed by atoms with Crippen molar-refractivity contribution >= 4 is 33.0 Å². The summed E-state index contributed by atoms with van der Waals surface area (Å²) in [5.41, 5.74) is -1.44. The van der Waals surface area contributed by atoms with Gasteiger partial charge < -0.3 is 15.7 Å². The van der Waals surface area contributed by atoms with Crippen molar-refractivity contribution in [3.05, 3.63) is 34.5 Å². The Kier molecular flexibility index (Phi) is 8.51. The molecular formula is C25H34ClF3N4O4S. The van der Waals surface area contributed by atoms with Crippen molar-refractivity contribution in [1.29, 1.82) is 0 Å². The minimum Gasteiger partial charge on any atom is -0.388 e. The van der Waals surface area contributed by atoms with E-state index >= 15 is 0 Å². The number of hydrogen-bond acceptors (Lipinski definition) is 6. The van der Waals surface area contributed by atoms with Crippen LogP contribution in [0.15, 0.2) is 18.2 Å². The lowest BCUT2D eigenvalue weighted by molar-refractivity contribution is -0.168. The molecule has 0 atom stereocenters. The lowest BCUT2D eigenvalue weighted by Gasteiger charge is -2.35. The lowest BCUT2D eigenvalue weighted by Crippen LogP contribution is -2.47.